The Morgan fingerprint density at radius 2 is 2.38 bits per heavy atom. The number of aliphatic hydroxyl groups excluding tert-OH is 1. The van der Waals surface area contributed by atoms with Crippen molar-refractivity contribution in [3.8, 4) is 0 Å². The highest BCUT2D eigenvalue weighted by Crippen LogP contribution is 2.19. The SMILES string of the molecule is Cc1nn(C)c(C(=O)NCC(CO)Cc2ccsc2)c1Cl. The zero-order chi connectivity index (χ0) is 15.4. The standard InChI is InChI=1S/C14H18ClN3O2S/c1-9-12(15)13(18(2)17-9)14(20)16-6-11(7-19)5-10-3-4-21-8-10/h3-4,8,11,19H,5-7H2,1-2H3,(H,16,20). The number of thiophene rings is 1. The fourth-order valence-electron chi connectivity index (χ4n) is 2.14. The molecule has 114 valence electrons. The van der Waals surface area contributed by atoms with Crippen molar-refractivity contribution < 1.29 is 9.90 Å². The molecular weight excluding hydrogens is 310 g/mol. The summed E-state index contributed by atoms with van der Waals surface area (Å²) in [6, 6.07) is 2.02. The molecule has 2 rings (SSSR count). The molecule has 0 aromatic carbocycles. The molecule has 0 fully saturated rings. The van der Waals surface area contributed by atoms with Crippen LogP contribution in [0.25, 0.3) is 0 Å². The molecule has 0 aliphatic heterocycles. The van der Waals surface area contributed by atoms with Crippen LogP contribution in [0.1, 0.15) is 21.7 Å². The molecule has 0 aliphatic rings. The molecule has 0 aliphatic carbocycles. The van der Waals surface area contributed by atoms with Gasteiger partial charge in [-0.05, 0) is 35.7 Å². The summed E-state index contributed by atoms with van der Waals surface area (Å²) in [6.07, 6.45) is 0.735. The van der Waals surface area contributed by atoms with E-state index in [9.17, 15) is 9.90 Å². The maximum atomic E-state index is 12.2. The van der Waals surface area contributed by atoms with Gasteiger partial charge >= 0.3 is 0 Å². The maximum Gasteiger partial charge on any atom is 0.271 e. The summed E-state index contributed by atoms with van der Waals surface area (Å²) in [7, 11) is 1.68. The smallest absolute Gasteiger partial charge is 0.271 e. The molecule has 0 saturated heterocycles. The first kappa shape index (κ1) is 16.0. The van der Waals surface area contributed by atoms with Crippen molar-refractivity contribution in [1.82, 2.24) is 15.1 Å². The second-order valence-electron chi connectivity index (χ2n) is 4.97. The lowest BCUT2D eigenvalue weighted by molar-refractivity contribution is 0.0930. The van der Waals surface area contributed by atoms with Crippen molar-refractivity contribution in [2.75, 3.05) is 13.2 Å². The largest absolute Gasteiger partial charge is 0.396 e. The summed E-state index contributed by atoms with van der Waals surface area (Å²) in [6.45, 7) is 2.17. The van der Waals surface area contributed by atoms with Crippen molar-refractivity contribution in [3.63, 3.8) is 0 Å². The first-order chi connectivity index (χ1) is 10.0. The predicted octanol–water partition coefficient (Wildman–Crippen LogP) is 2.02. The predicted molar refractivity (Wildman–Crippen MR) is 83.9 cm³/mol. The van der Waals surface area contributed by atoms with Crippen molar-refractivity contribution in [1.29, 1.82) is 0 Å². The van der Waals surface area contributed by atoms with Crippen molar-refractivity contribution in [2.24, 2.45) is 13.0 Å². The van der Waals surface area contributed by atoms with Crippen LogP contribution in [0.5, 0.6) is 0 Å². The molecule has 1 unspecified atom stereocenters. The molecule has 5 nitrogen and oxygen atoms in total. The Bertz CT molecular complexity index is 610. The Morgan fingerprint density at radius 1 is 1.62 bits per heavy atom. The van der Waals surface area contributed by atoms with E-state index in [0.717, 1.165) is 6.42 Å². The number of aliphatic hydroxyl groups is 1. The third-order valence-corrected chi connectivity index (χ3v) is 4.46. The van der Waals surface area contributed by atoms with Crippen LogP contribution in [0.4, 0.5) is 0 Å². The van der Waals surface area contributed by atoms with Gasteiger partial charge < -0.3 is 10.4 Å². The number of halogens is 1. The Balaban J connectivity index is 1.96. The van der Waals surface area contributed by atoms with Gasteiger partial charge in [-0.1, -0.05) is 11.6 Å². The first-order valence-corrected chi connectivity index (χ1v) is 7.94. The average Bonchev–Trinajstić information content (AvgIpc) is 3.04. The molecule has 2 N–H and O–H groups in total. The van der Waals surface area contributed by atoms with Gasteiger partial charge in [-0.15, -0.1) is 0 Å². The van der Waals surface area contributed by atoms with Gasteiger partial charge in [0.1, 0.15) is 5.69 Å². The monoisotopic (exact) mass is 327 g/mol. The van der Waals surface area contributed by atoms with Gasteiger partial charge in [0.25, 0.3) is 5.91 Å². The Labute approximate surface area is 132 Å². The number of aromatic nitrogens is 2. The number of carbonyl (C=O) groups is 1. The molecule has 0 saturated carbocycles. The van der Waals surface area contributed by atoms with Crippen LogP contribution in [-0.4, -0.2) is 33.9 Å². The molecule has 0 radical (unpaired) electrons. The molecule has 2 aromatic heterocycles. The van der Waals surface area contributed by atoms with Crippen LogP contribution in [0, 0.1) is 12.8 Å². The Hall–Kier alpha value is -1.37. The van der Waals surface area contributed by atoms with E-state index in [2.05, 4.69) is 10.4 Å². The highest BCUT2D eigenvalue weighted by atomic mass is 35.5. The molecule has 2 heterocycles. The molecule has 0 spiro atoms. The van der Waals surface area contributed by atoms with E-state index in [0.29, 0.717) is 23.0 Å². The quantitative estimate of drug-likeness (QED) is 0.853. The number of nitrogens with zero attached hydrogens (tertiary/aromatic N) is 2. The van der Waals surface area contributed by atoms with Crippen molar-refractivity contribution in [3.05, 3.63) is 38.8 Å². The number of carbonyl (C=O) groups excluding carboxylic acids is 1. The van der Waals surface area contributed by atoms with E-state index < -0.39 is 0 Å². The minimum absolute atomic E-state index is 0.0170. The number of rotatable bonds is 6. The van der Waals surface area contributed by atoms with E-state index in [-0.39, 0.29) is 18.4 Å². The van der Waals surface area contributed by atoms with Gasteiger partial charge in [0.2, 0.25) is 0 Å². The van der Waals surface area contributed by atoms with Gasteiger partial charge in [0.05, 0.1) is 10.7 Å². The summed E-state index contributed by atoms with van der Waals surface area (Å²) in [5, 5.41) is 20.8. The molecule has 0 bridgehead atoms. The lowest BCUT2D eigenvalue weighted by Crippen LogP contribution is -2.33. The lowest BCUT2D eigenvalue weighted by atomic mass is 10.0. The zero-order valence-electron chi connectivity index (χ0n) is 12.0. The van der Waals surface area contributed by atoms with Crippen LogP contribution in [-0.2, 0) is 13.5 Å². The summed E-state index contributed by atoms with van der Waals surface area (Å²) >= 11 is 7.70. The third kappa shape index (κ3) is 3.84. The normalized spacial score (nSPS) is 12.4. The first-order valence-electron chi connectivity index (χ1n) is 6.62. The summed E-state index contributed by atoms with van der Waals surface area (Å²) in [5.74, 6) is -0.288. The molecular formula is C14H18ClN3O2S. The van der Waals surface area contributed by atoms with E-state index in [4.69, 9.17) is 11.6 Å². The zero-order valence-corrected chi connectivity index (χ0v) is 13.5. The van der Waals surface area contributed by atoms with Crippen LogP contribution in [0.15, 0.2) is 16.8 Å². The maximum absolute atomic E-state index is 12.2. The van der Waals surface area contributed by atoms with Crippen molar-refractivity contribution in [2.45, 2.75) is 13.3 Å². The van der Waals surface area contributed by atoms with Crippen LogP contribution >= 0.6 is 22.9 Å². The number of hydrogen-bond acceptors (Lipinski definition) is 4. The Morgan fingerprint density at radius 3 is 2.90 bits per heavy atom. The van der Waals surface area contributed by atoms with E-state index >= 15 is 0 Å². The minimum Gasteiger partial charge on any atom is -0.396 e. The molecule has 1 amide bonds. The fraction of sp³-hybridized carbons (Fsp3) is 0.429. The molecule has 2 aromatic rings. The van der Waals surface area contributed by atoms with E-state index in [1.165, 1.54) is 10.2 Å². The van der Waals surface area contributed by atoms with Crippen LogP contribution in [0.3, 0.4) is 0 Å². The third-order valence-electron chi connectivity index (χ3n) is 3.28. The van der Waals surface area contributed by atoms with E-state index in [1.54, 1.807) is 25.3 Å². The second-order valence-corrected chi connectivity index (χ2v) is 6.12. The number of amides is 1. The molecule has 1 atom stereocenters. The fourth-order valence-corrected chi connectivity index (χ4v) is 3.07. The van der Waals surface area contributed by atoms with Crippen LogP contribution < -0.4 is 5.32 Å². The van der Waals surface area contributed by atoms with Gasteiger partial charge in [-0.2, -0.15) is 16.4 Å². The lowest BCUT2D eigenvalue weighted by Gasteiger charge is -2.14. The highest BCUT2D eigenvalue weighted by molar-refractivity contribution is 7.07. The van der Waals surface area contributed by atoms with Gasteiger partial charge in [-0.3, -0.25) is 9.48 Å². The summed E-state index contributed by atoms with van der Waals surface area (Å²) < 4.78 is 1.47. The van der Waals surface area contributed by atoms with Gasteiger partial charge in [-0.25, -0.2) is 0 Å². The van der Waals surface area contributed by atoms with Gasteiger partial charge in [0.15, 0.2) is 0 Å². The summed E-state index contributed by atoms with van der Waals surface area (Å²) in [4.78, 5) is 12.2. The number of nitrogens with one attached hydrogen (secondary N) is 1. The molecule has 7 heteroatoms. The van der Waals surface area contributed by atoms with Crippen LogP contribution in [0.2, 0.25) is 5.02 Å². The summed E-state index contributed by atoms with van der Waals surface area (Å²) in [5.41, 5.74) is 2.14. The second kappa shape index (κ2) is 7.06. The number of aryl methyl sites for hydroxylation is 2. The molecule has 21 heavy (non-hydrogen) atoms. The number of hydrogen-bond donors (Lipinski definition) is 2. The highest BCUT2D eigenvalue weighted by Gasteiger charge is 2.19. The van der Waals surface area contributed by atoms with E-state index in [1.807, 2.05) is 16.8 Å². The average molecular weight is 328 g/mol. The van der Waals surface area contributed by atoms with Gasteiger partial charge in [0, 0.05) is 26.1 Å². The topological polar surface area (TPSA) is 67.2 Å². The van der Waals surface area contributed by atoms with Crippen molar-refractivity contribution >= 4 is 28.8 Å². The minimum atomic E-state index is -0.271. The Kier molecular flexibility index (Phi) is 5.39.